The van der Waals surface area contributed by atoms with Gasteiger partial charge < -0.3 is 9.47 Å². The smallest absolute Gasteiger partial charge is 0.342 e. The van der Waals surface area contributed by atoms with Crippen molar-refractivity contribution in [3.05, 3.63) is 63.6 Å². The molecule has 0 heterocycles. The van der Waals surface area contributed by atoms with E-state index in [1.807, 2.05) is 0 Å². The van der Waals surface area contributed by atoms with Gasteiger partial charge in [0.25, 0.3) is 0 Å². The molecule has 2 aromatic carbocycles. The highest BCUT2D eigenvalue weighted by Gasteiger charge is 2.14. The zero-order chi connectivity index (χ0) is 15.9. The van der Waals surface area contributed by atoms with Crippen LogP contribution in [0.5, 0.6) is 5.75 Å². The van der Waals surface area contributed by atoms with E-state index in [9.17, 15) is 4.79 Å². The monoisotopic (exact) mass is 335 g/mol. The summed E-state index contributed by atoms with van der Waals surface area (Å²) in [5.74, 6) is -0.254. The van der Waals surface area contributed by atoms with Gasteiger partial charge in [-0.2, -0.15) is 5.26 Å². The first-order valence-corrected chi connectivity index (χ1v) is 7.07. The molecular formula is C16H11Cl2NO3. The van der Waals surface area contributed by atoms with E-state index in [2.05, 4.69) is 0 Å². The van der Waals surface area contributed by atoms with Crippen molar-refractivity contribution >= 4 is 29.2 Å². The molecule has 2 rings (SSSR count). The number of hydrogen-bond acceptors (Lipinski definition) is 4. The second-order valence-electron chi connectivity index (χ2n) is 4.25. The van der Waals surface area contributed by atoms with E-state index in [0.717, 1.165) is 5.56 Å². The van der Waals surface area contributed by atoms with Crippen LogP contribution in [0.4, 0.5) is 0 Å². The molecule has 0 fully saturated rings. The Morgan fingerprint density at radius 2 is 1.95 bits per heavy atom. The zero-order valence-electron chi connectivity index (χ0n) is 11.4. The van der Waals surface area contributed by atoms with E-state index in [4.69, 9.17) is 37.9 Å². The van der Waals surface area contributed by atoms with Gasteiger partial charge in [0.1, 0.15) is 24.0 Å². The van der Waals surface area contributed by atoms with E-state index in [1.54, 1.807) is 48.5 Å². The highest BCUT2D eigenvalue weighted by Crippen LogP contribution is 2.24. The lowest BCUT2D eigenvalue weighted by Crippen LogP contribution is -2.08. The molecule has 22 heavy (non-hydrogen) atoms. The van der Waals surface area contributed by atoms with Crippen molar-refractivity contribution in [1.29, 1.82) is 5.26 Å². The van der Waals surface area contributed by atoms with Crippen molar-refractivity contribution in [2.24, 2.45) is 0 Å². The minimum absolute atomic E-state index is 0.179. The zero-order valence-corrected chi connectivity index (χ0v) is 12.9. The highest BCUT2D eigenvalue weighted by molar-refractivity contribution is 6.35. The summed E-state index contributed by atoms with van der Waals surface area (Å²) in [5, 5.41) is 9.47. The minimum atomic E-state index is -0.612. The van der Waals surface area contributed by atoms with Gasteiger partial charge in [-0.3, -0.25) is 0 Å². The standard InChI is InChI=1S/C16H11Cl2NO3/c17-12-6-5-11(14(18)9-12)10-22-15-4-2-1-3-13(15)16(20)21-8-7-19/h1-6,9H,8,10H2. The Bertz CT molecular complexity index is 726. The first-order chi connectivity index (χ1) is 10.6. The minimum Gasteiger partial charge on any atom is -0.488 e. The van der Waals surface area contributed by atoms with Crippen LogP contribution in [0.15, 0.2) is 42.5 Å². The van der Waals surface area contributed by atoms with Crippen LogP contribution >= 0.6 is 23.2 Å². The van der Waals surface area contributed by atoms with Gasteiger partial charge in [0.05, 0.1) is 0 Å². The quantitative estimate of drug-likeness (QED) is 0.766. The van der Waals surface area contributed by atoms with E-state index in [-0.39, 0.29) is 18.8 Å². The van der Waals surface area contributed by atoms with Crippen LogP contribution in [0.2, 0.25) is 10.0 Å². The summed E-state index contributed by atoms with van der Waals surface area (Å²) in [6.45, 7) is -0.130. The van der Waals surface area contributed by atoms with Gasteiger partial charge in [0.15, 0.2) is 6.61 Å². The summed E-state index contributed by atoms with van der Waals surface area (Å²) < 4.78 is 10.4. The van der Waals surface area contributed by atoms with Crippen LogP contribution in [-0.2, 0) is 11.3 Å². The summed E-state index contributed by atoms with van der Waals surface area (Å²) in [6, 6.07) is 13.5. The maximum absolute atomic E-state index is 11.9. The predicted octanol–water partition coefficient (Wildman–Crippen LogP) is 4.25. The summed E-state index contributed by atoms with van der Waals surface area (Å²) >= 11 is 11.9. The van der Waals surface area contributed by atoms with Crippen LogP contribution in [0.1, 0.15) is 15.9 Å². The van der Waals surface area contributed by atoms with Gasteiger partial charge in [0.2, 0.25) is 0 Å². The average molecular weight is 336 g/mol. The van der Waals surface area contributed by atoms with Crippen LogP contribution < -0.4 is 4.74 Å². The molecule has 0 aromatic heterocycles. The number of para-hydroxylation sites is 1. The Hall–Kier alpha value is -2.22. The number of carbonyl (C=O) groups is 1. The lowest BCUT2D eigenvalue weighted by molar-refractivity contribution is 0.0550. The number of rotatable bonds is 5. The molecule has 0 aliphatic carbocycles. The predicted molar refractivity (Wildman–Crippen MR) is 83.1 cm³/mol. The Morgan fingerprint density at radius 3 is 2.68 bits per heavy atom. The molecular weight excluding hydrogens is 325 g/mol. The molecule has 2 aromatic rings. The molecule has 4 nitrogen and oxygen atoms in total. The van der Waals surface area contributed by atoms with Crippen molar-refractivity contribution in [1.82, 2.24) is 0 Å². The second-order valence-corrected chi connectivity index (χ2v) is 5.10. The molecule has 0 saturated carbocycles. The van der Waals surface area contributed by atoms with Crippen LogP contribution in [0, 0.1) is 11.3 Å². The number of esters is 1. The lowest BCUT2D eigenvalue weighted by atomic mass is 10.2. The van der Waals surface area contributed by atoms with Crippen molar-refractivity contribution in [3.8, 4) is 11.8 Å². The first kappa shape index (κ1) is 16.2. The third-order valence-corrected chi connectivity index (χ3v) is 3.36. The fourth-order valence-electron chi connectivity index (χ4n) is 1.73. The van der Waals surface area contributed by atoms with Gasteiger partial charge in [-0.05, 0) is 24.3 Å². The van der Waals surface area contributed by atoms with E-state index < -0.39 is 5.97 Å². The number of hydrogen-bond donors (Lipinski definition) is 0. The van der Waals surface area contributed by atoms with E-state index in [1.165, 1.54) is 0 Å². The number of nitrogens with zero attached hydrogens (tertiary/aromatic N) is 1. The molecule has 112 valence electrons. The number of nitriles is 1. The summed E-state index contributed by atoms with van der Waals surface area (Å²) in [5.41, 5.74) is 0.995. The molecule has 6 heteroatoms. The van der Waals surface area contributed by atoms with Gasteiger partial charge in [-0.15, -0.1) is 0 Å². The molecule has 0 spiro atoms. The van der Waals surface area contributed by atoms with E-state index >= 15 is 0 Å². The fraction of sp³-hybridized carbons (Fsp3) is 0.125. The topological polar surface area (TPSA) is 59.3 Å². The van der Waals surface area contributed by atoms with Gasteiger partial charge in [-0.1, -0.05) is 41.4 Å². The molecule has 0 aliphatic heterocycles. The molecule has 0 aliphatic rings. The summed E-state index contributed by atoms with van der Waals surface area (Å²) in [7, 11) is 0. The van der Waals surface area contributed by atoms with Crippen LogP contribution in [0.25, 0.3) is 0 Å². The van der Waals surface area contributed by atoms with E-state index in [0.29, 0.717) is 15.8 Å². The van der Waals surface area contributed by atoms with Crippen LogP contribution in [-0.4, -0.2) is 12.6 Å². The maximum atomic E-state index is 11.9. The Kier molecular flexibility index (Phi) is 5.65. The number of ether oxygens (including phenoxy) is 2. The average Bonchev–Trinajstić information content (AvgIpc) is 2.52. The molecule has 0 N–H and O–H groups in total. The fourth-order valence-corrected chi connectivity index (χ4v) is 2.19. The Balaban J connectivity index is 2.13. The molecule has 0 radical (unpaired) electrons. The Morgan fingerprint density at radius 1 is 1.18 bits per heavy atom. The first-order valence-electron chi connectivity index (χ1n) is 6.31. The van der Waals surface area contributed by atoms with Crippen LogP contribution in [0.3, 0.4) is 0 Å². The van der Waals surface area contributed by atoms with Crippen molar-refractivity contribution in [2.75, 3.05) is 6.61 Å². The van der Waals surface area contributed by atoms with Crippen molar-refractivity contribution < 1.29 is 14.3 Å². The maximum Gasteiger partial charge on any atom is 0.342 e. The largest absolute Gasteiger partial charge is 0.488 e. The SMILES string of the molecule is N#CCOC(=O)c1ccccc1OCc1ccc(Cl)cc1Cl. The molecule has 0 bridgehead atoms. The van der Waals surface area contributed by atoms with Gasteiger partial charge >= 0.3 is 5.97 Å². The van der Waals surface area contributed by atoms with Gasteiger partial charge in [0, 0.05) is 15.6 Å². The number of benzene rings is 2. The summed E-state index contributed by atoms with van der Waals surface area (Å²) in [6.07, 6.45) is 0. The normalized spacial score (nSPS) is 9.86. The molecule has 0 saturated heterocycles. The third kappa shape index (κ3) is 4.14. The molecule has 0 amide bonds. The highest BCUT2D eigenvalue weighted by atomic mass is 35.5. The number of halogens is 2. The third-order valence-electron chi connectivity index (χ3n) is 2.77. The second kappa shape index (κ2) is 7.69. The molecule has 0 atom stereocenters. The summed E-state index contributed by atoms with van der Waals surface area (Å²) in [4.78, 5) is 11.9. The van der Waals surface area contributed by atoms with Gasteiger partial charge in [-0.25, -0.2) is 4.79 Å². The number of carbonyl (C=O) groups excluding carboxylic acids is 1. The molecule has 0 unspecified atom stereocenters. The lowest BCUT2D eigenvalue weighted by Gasteiger charge is -2.11. The van der Waals surface area contributed by atoms with Crippen molar-refractivity contribution in [2.45, 2.75) is 6.61 Å². The van der Waals surface area contributed by atoms with Crippen molar-refractivity contribution in [3.63, 3.8) is 0 Å². The Labute approximate surface area is 137 Å².